The van der Waals surface area contributed by atoms with Gasteiger partial charge in [0.25, 0.3) is 11.5 Å². The van der Waals surface area contributed by atoms with E-state index in [-0.39, 0.29) is 5.56 Å². The monoisotopic (exact) mass is 437 g/mol. The van der Waals surface area contributed by atoms with E-state index in [1.165, 1.54) is 16.8 Å². The molecule has 6 nitrogen and oxygen atoms in total. The number of nitrogens with one attached hydrogen (secondary N) is 1. The fraction of sp³-hybridized carbons (Fsp3) is 0.208. The molecule has 31 heavy (non-hydrogen) atoms. The average molecular weight is 438 g/mol. The van der Waals surface area contributed by atoms with E-state index >= 15 is 0 Å². The summed E-state index contributed by atoms with van der Waals surface area (Å²) in [6.45, 7) is 5.02. The molecule has 1 amide bonds. The van der Waals surface area contributed by atoms with E-state index in [1.54, 1.807) is 24.4 Å². The van der Waals surface area contributed by atoms with E-state index in [1.807, 2.05) is 36.4 Å². The summed E-state index contributed by atoms with van der Waals surface area (Å²) < 4.78 is 7.23. The summed E-state index contributed by atoms with van der Waals surface area (Å²) in [7, 11) is 0. The Labute approximate surface area is 186 Å². The van der Waals surface area contributed by atoms with Gasteiger partial charge < -0.3 is 9.30 Å². The Bertz CT molecular complexity index is 1140. The second kappa shape index (κ2) is 10.6. The molecule has 2 aromatic carbocycles. The van der Waals surface area contributed by atoms with Crippen LogP contribution >= 0.6 is 11.6 Å². The summed E-state index contributed by atoms with van der Waals surface area (Å²) in [6.07, 6.45) is 3.13. The molecule has 0 aliphatic carbocycles. The second-order valence-corrected chi connectivity index (χ2v) is 7.86. The molecule has 0 radical (unpaired) electrons. The summed E-state index contributed by atoms with van der Waals surface area (Å²) in [6, 6.07) is 17.8. The summed E-state index contributed by atoms with van der Waals surface area (Å²) in [4.78, 5) is 25.3. The van der Waals surface area contributed by atoms with Gasteiger partial charge in [-0.1, -0.05) is 49.7 Å². The fourth-order valence-corrected chi connectivity index (χ4v) is 3.07. The van der Waals surface area contributed by atoms with Crippen molar-refractivity contribution in [3.05, 3.63) is 98.9 Å². The third kappa shape index (κ3) is 6.30. The molecule has 0 saturated carbocycles. The molecule has 160 valence electrons. The first-order chi connectivity index (χ1) is 14.9. The van der Waals surface area contributed by atoms with Crippen LogP contribution in [0, 0.1) is 5.92 Å². The number of nitrogens with zero attached hydrogens (tertiary/aromatic N) is 2. The normalized spacial score (nSPS) is 11.1. The lowest BCUT2D eigenvalue weighted by Crippen LogP contribution is -2.30. The topological polar surface area (TPSA) is 72.7 Å². The van der Waals surface area contributed by atoms with Crippen LogP contribution in [0.15, 0.2) is 76.8 Å². The van der Waals surface area contributed by atoms with Gasteiger partial charge in [0.05, 0.1) is 19.4 Å². The molecule has 3 aromatic rings. The number of amides is 1. The smallest absolute Gasteiger partial charge is 0.276 e. The van der Waals surface area contributed by atoms with E-state index < -0.39 is 11.5 Å². The zero-order chi connectivity index (χ0) is 22.2. The van der Waals surface area contributed by atoms with Crippen LogP contribution in [0.25, 0.3) is 0 Å². The molecule has 7 heteroatoms. The van der Waals surface area contributed by atoms with Crippen LogP contribution in [0.2, 0.25) is 5.02 Å². The maximum Gasteiger partial charge on any atom is 0.276 e. The number of hydrazone groups is 1. The van der Waals surface area contributed by atoms with Crippen LogP contribution in [0.4, 0.5) is 0 Å². The molecule has 0 saturated heterocycles. The molecule has 0 aliphatic heterocycles. The molecule has 0 unspecified atom stereocenters. The van der Waals surface area contributed by atoms with Crippen LogP contribution in [-0.2, 0) is 6.54 Å². The number of aromatic nitrogens is 1. The molecule has 0 spiro atoms. The SMILES string of the molecule is CC(C)COc1ccccc1/C=N\NC(=O)c1cccn(Cc2cccc(Cl)c2)c1=O. The van der Waals surface area contributed by atoms with Gasteiger partial charge in [0.1, 0.15) is 11.3 Å². The number of ether oxygens (including phenoxy) is 1. The van der Waals surface area contributed by atoms with Gasteiger partial charge >= 0.3 is 0 Å². The number of benzene rings is 2. The Morgan fingerprint density at radius 3 is 2.74 bits per heavy atom. The summed E-state index contributed by atoms with van der Waals surface area (Å²) >= 11 is 6.01. The molecule has 0 bridgehead atoms. The first-order valence-electron chi connectivity index (χ1n) is 9.93. The standard InChI is InChI=1S/C24H24ClN3O3/c1-17(2)16-31-22-11-4-3-8-19(22)14-26-27-23(29)21-10-6-12-28(24(21)30)15-18-7-5-9-20(25)13-18/h3-14,17H,15-16H2,1-2H3,(H,27,29)/b26-14-. The van der Waals surface area contributed by atoms with Crippen LogP contribution < -0.4 is 15.7 Å². The Morgan fingerprint density at radius 2 is 1.97 bits per heavy atom. The van der Waals surface area contributed by atoms with Crippen molar-refractivity contribution in [3.8, 4) is 5.75 Å². The molecule has 3 rings (SSSR count). The maximum atomic E-state index is 12.7. The number of halogens is 1. The quantitative estimate of drug-likeness (QED) is 0.420. The number of pyridine rings is 1. The van der Waals surface area contributed by atoms with Gasteiger partial charge in [-0.2, -0.15) is 5.10 Å². The zero-order valence-electron chi connectivity index (χ0n) is 17.4. The number of hydrogen-bond donors (Lipinski definition) is 1. The Hall–Kier alpha value is -3.38. The number of para-hydroxylation sites is 1. The third-order valence-electron chi connectivity index (χ3n) is 4.37. The average Bonchev–Trinajstić information content (AvgIpc) is 2.74. The molecular weight excluding hydrogens is 414 g/mol. The minimum absolute atomic E-state index is 0.00557. The van der Waals surface area contributed by atoms with Gasteiger partial charge in [-0.25, -0.2) is 5.43 Å². The van der Waals surface area contributed by atoms with Crippen molar-refractivity contribution in [3.63, 3.8) is 0 Å². The first-order valence-corrected chi connectivity index (χ1v) is 10.3. The third-order valence-corrected chi connectivity index (χ3v) is 4.60. The van der Waals surface area contributed by atoms with E-state index in [0.717, 1.165) is 11.1 Å². The van der Waals surface area contributed by atoms with Crippen LogP contribution in [0.3, 0.4) is 0 Å². The number of carbonyl (C=O) groups is 1. The molecule has 0 fully saturated rings. The van der Waals surface area contributed by atoms with Crippen molar-refractivity contribution in [2.24, 2.45) is 11.0 Å². The van der Waals surface area contributed by atoms with E-state index in [9.17, 15) is 9.59 Å². The lowest BCUT2D eigenvalue weighted by atomic mass is 10.2. The largest absolute Gasteiger partial charge is 0.493 e. The van der Waals surface area contributed by atoms with Crippen molar-refractivity contribution in [1.82, 2.24) is 9.99 Å². The number of hydrogen-bond acceptors (Lipinski definition) is 4. The van der Waals surface area contributed by atoms with Crippen molar-refractivity contribution >= 4 is 23.7 Å². The van der Waals surface area contributed by atoms with Crippen LogP contribution in [-0.4, -0.2) is 23.3 Å². The van der Waals surface area contributed by atoms with Crippen LogP contribution in [0.1, 0.15) is 35.3 Å². The highest BCUT2D eigenvalue weighted by Gasteiger charge is 2.12. The summed E-state index contributed by atoms with van der Waals surface area (Å²) in [5.74, 6) is 0.483. The second-order valence-electron chi connectivity index (χ2n) is 7.43. The van der Waals surface area contributed by atoms with Gasteiger partial charge in [-0.15, -0.1) is 0 Å². The highest BCUT2D eigenvalue weighted by atomic mass is 35.5. The highest BCUT2D eigenvalue weighted by Crippen LogP contribution is 2.16. The van der Waals surface area contributed by atoms with Gasteiger partial charge in [0.2, 0.25) is 0 Å². The Balaban J connectivity index is 1.71. The first kappa shape index (κ1) is 22.3. The molecule has 0 aliphatic rings. The van der Waals surface area contributed by atoms with Crippen LogP contribution in [0.5, 0.6) is 5.75 Å². The zero-order valence-corrected chi connectivity index (χ0v) is 18.2. The minimum atomic E-state index is -0.581. The molecule has 1 N–H and O–H groups in total. The summed E-state index contributed by atoms with van der Waals surface area (Å²) in [5.41, 5.74) is 3.62. The predicted molar refractivity (Wildman–Crippen MR) is 123 cm³/mol. The lowest BCUT2D eigenvalue weighted by molar-refractivity contribution is 0.0953. The van der Waals surface area contributed by atoms with E-state index in [4.69, 9.17) is 16.3 Å². The van der Waals surface area contributed by atoms with Gasteiger partial charge in [-0.05, 0) is 47.9 Å². The Kier molecular flexibility index (Phi) is 7.62. The summed E-state index contributed by atoms with van der Waals surface area (Å²) in [5, 5.41) is 4.59. The number of carbonyl (C=O) groups excluding carboxylic acids is 1. The highest BCUT2D eigenvalue weighted by molar-refractivity contribution is 6.30. The van der Waals surface area contributed by atoms with Crippen molar-refractivity contribution in [2.75, 3.05) is 6.61 Å². The van der Waals surface area contributed by atoms with Gasteiger partial charge in [-0.3, -0.25) is 9.59 Å². The Morgan fingerprint density at radius 1 is 1.16 bits per heavy atom. The molecule has 0 atom stereocenters. The fourth-order valence-electron chi connectivity index (χ4n) is 2.86. The van der Waals surface area contributed by atoms with E-state index in [0.29, 0.717) is 29.8 Å². The van der Waals surface area contributed by atoms with Gasteiger partial charge in [0.15, 0.2) is 0 Å². The maximum absolute atomic E-state index is 12.7. The van der Waals surface area contributed by atoms with E-state index in [2.05, 4.69) is 24.4 Å². The molecule has 1 heterocycles. The molecular formula is C24H24ClN3O3. The lowest BCUT2D eigenvalue weighted by Gasteiger charge is -2.10. The minimum Gasteiger partial charge on any atom is -0.493 e. The number of rotatable bonds is 8. The van der Waals surface area contributed by atoms with Crippen molar-refractivity contribution in [2.45, 2.75) is 20.4 Å². The van der Waals surface area contributed by atoms with Crippen molar-refractivity contribution in [1.29, 1.82) is 0 Å². The molecule has 1 aromatic heterocycles. The van der Waals surface area contributed by atoms with Crippen molar-refractivity contribution < 1.29 is 9.53 Å². The van der Waals surface area contributed by atoms with Gasteiger partial charge in [0, 0.05) is 16.8 Å². The predicted octanol–water partition coefficient (Wildman–Crippen LogP) is 4.35.